The van der Waals surface area contributed by atoms with Gasteiger partial charge in [0.1, 0.15) is 12.4 Å². The number of rotatable bonds is 6. The predicted molar refractivity (Wildman–Crippen MR) is 143 cm³/mol. The second kappa shape index (κ2) is 11.4. The zero-order chi connectivity index (χ0) is 27.6. The van der Waals surface area contributed by atoms with Crippen LogP contribution in [0.15, 0.2) is 36.9 Å². The maximum Gasteiger partial charge on any atom is 0.418 e. The number of piperazine rings is 1. The van der Waals surface area contributed by atoms with E-state index in [0.29, 0.717) is 57.9 Å². The lowest BCUT2D eigenvalue weighted by molar-refractivity contribution is -0.137. The number of carbonyl (C=O) groups excluding carboxylic acids is 1. The lowest BCUT2D eigenvalue weighted by Gasteiger charge is -2.36. The third-order valence-electron chi connectivity index (χ3n) is 7.94. The highest BCUT2D eigenvalue weighted by Gasteiger charge is 2.36. The molecular weight excluding hydrogens is 509 g/mol. The summed E-state index contributed by atoms with van der Waals surface area (Å²) in [6.45, 7) is 8.02. The molecule has 39 heavy (non-hydrogen) atoms. The molecule has 0 N–H and O–H groups in total. The molecule has 1 aromatic carbocycles. The van der Waals surface area contributed by atoms with E-state index in [-0.39, 0.29) is 30.2 Å². The molecule has 5 rings (SSSR count). The summed E-state index contributed by atoms with van der Waals surface area (Å²) in [5.74, 6) is 0.659. The lowest BCUT2D eigenvalue weighted by Crippen LogP contribution is -2.49. The molecule has 1 aromatic heterocycles. The number of likely N-dealkylation sites (N-methyl/N-ethyl adjacent to an activating group) is 1. The van der Waals surface area contributed by atoms with Gasteiger partial charge in [0.2, 0.25) is 5.91 Å². The average molecular weight is 545 g/mol. The highest BCUT2D eigenvalue weighted by molar-refractivity contribution is 5.87. The summed E-state index contributed by atoms with van der Waals surface area (Å²) < 4.78 is 47.7. The molecule has 3 aliphatic heterocycles. The number of fused-ring (bicyclic) bond motifs is 1. The Bertz CT molecular complexity index is 1200. The van der Waals surface area contributed by atoms with E-state index in [9.17, 15) is 18.0 Å². The number of carbonyl (C=O) groups is 1. The third-order valence-corrected chi connectivity index (χ3v) is 7.94. The fraction of sp³-hybridized carbons (Fsp3) is 0.536. The molecule has 0 spiro atoms. The number of hydrogen-bond acceptors (Lipinski definition) is 7. The summed E-state index contributed by atoms with van der Waals surface area (Å²) in [6.07, 6.45) is 0.334. The molecule has 1 atom stereocenters. The standard InChI is InChI=1S/C28H35F3N6O2/c1-3-25(38)35-14-16-36(17-15-35)26-21-9-7-13-37(24-11-5-4-10-22(24)28(29,30)31)18-23(21)32-27(33-26)39-19-20-8-6-12-34(20)2/h3-5,10-11,20H,1,6-9,12-19H2,2H3/t20-/m0/s1. The van der Waals surface area contributed by atoms with Crippen LogP contribution >= 0.6 is 0 Å². The van der Waals surface area contributed by atoms with E-state index in [2.05, 4.69) is 23.4 Å². The highest BCUT2D eigenvalue weighted by Crippen LogP contribution is 2.38. The Kier molecular flexibility index (Phi) is 7.97. The van der Waals surface area contributed by atoms with Gasteiger partial charge in [-0.05, 0) is 57.5 Å². The Morgan fingerprint density at radius 2 is 1.85 bits per heavy atom. The summed E-state index contributed by atoms with van der Waals surface area (Å²) in [7, 11) is 2.07. The van der Waals surface area contributed by atoms with E-state index in [1.165, 1.54) is 18.2 Å². The first kappa shape index (κ1) is 27.2. The predicted octanol–water partition coefficient (Wildman–Crippen LogP) is 3.76. The Morgan fingerprint density at radius 1 is 1.08 bits per heavy atom. The number of ether oxygens (including phenoxy) is 1. The quantitative estimate of drug-likeness (QED) is 0.514. The first-order chi connectivity index (χ1) is 18.7. The number of benzene rings is 1. The number of nitrogens with zero attached hydrogens (tertiary/aromatic N) is 6. The molecule has 3 aliphatic rings. The van der Waals surface area contributed by atoms with Crippen molar-refractivity contribution in [2.45, 2.75) is 44.4 Å². The molecule has 11 heteroatoms. The Hall–Kier alpha value is -3.34. The van der Waals surface area contributed by atoms with Crippen molar-refractivity contribution in [3.63, 3.8) is 0 Å². The molecule has 1 amide bonds. The molecule has 210 valence electrons. The van der Waals surface area contributed by atoms with Crippen molar-refractivity contribution in [1.82, 2.24) is 19.8 Å². The van der Waals surface area contributed by atoms with Gasteiger partial charge in [-0.3, -0.25) is 4.79 Å². The fourth-order valence-corrected chi connectivity index (χ4v) is 5.74. The Labute approximate surface area is 227 Å². The second-order valence-electron chi connectivity index (χ2n) is 10.4. The van der Waals surface area contributed by atoms with Gasteiger partial charge >= 0.3 is 12.2 Å². The van der Waals surface area contributed by atoms with Crippen LogP contribution in [0.4, 0.5) is 24.7 Å². The Balaban J connectivity index is 1.46. The van der Waals surface area contributed by atoms with Gasteiger partial charge in [-0.15, -0.1) is 0 Å². The molecule has 0 aliphatic carbocycles. The number of aromatic nitrogens is 2. The number of para-hydroxylation sites is 1. The smallest absolute Gasteiger partial charge is 0.418 e. The first-order valence-corrected chi connectivity index (χ1v) is 13.5. The molecular formula is C28H35F3N6O2. The lowest BCUT2D eigenvalue weighted by atomic mass is 10.1. The maximum absolute atomic E-state index is 13.8. The summed E-state index contributed by atoms with van der Waals surface area (Å²) in [6, 6.07) is 6.24. The SMILES string of the molecule is C=CC(=O)N1CCN(c2nc(OC[C@@H]3CCCN3C)nc3c2CCCN(c2ccccc2C(F)(F)F)C3)CC1. The summed E-state index contributed by atoms with van der Waals surface area (Å²) >= 11 is 0. The van der Waals surface area contributed by atoms with Crippen LogP contribution in [0.3, 0.4) is 0 Å². The number of hydrogen-bond donors (Lipinski definition) is 0. The van der Waals surface area contributed by atoms with Crippen molar-refractivity contribution in [2.24, 2.45) is 0 Å². The van der Waals surface area contributed by atoms with Gasteiger partial charge in [-0.25, -0.2) is 0 Å². The Morgan fingerprint density at radius 3 is 2.54 bits per heavy atom. The van der Waals surface area contributed by atoms with Gasteiger partial charge in [0.15, 0.2) is 0 Å². The molecule has 2 saturated heterocycles. The minimum atomic E-state index is -4.45. The van der Waals surface area contributed by atoms with Crippen molar-refractivity contribution in [3.05, 3.63) is 53.7 Å². The molecule has 2 fully saturated rings. The average Bonchev–Trinajstić information content (AvgIpc) is 3.22. The highest BCUT2D eigenvalue weighted by atomic mass is 19.4. The van der Waals surface area contributed by atoms with Crippen LogP contribution in [0.5, 0.6) is 6.01 Å². The zero-order valence-electron chi connectivity index (χ0n) is 22.3. The number of likely N-dealkylation sites (tertiary alicyclic amines) is 1. The van der Waals surface area contributed by atoms with Gasteiger partial charge in [0.25, 0.3) is 0 Å². The van der Waals surface area contributed by atoms with Crippen molar-refractivity contribution >= 4 is 17.4 Å². The van der Waals surface area contributed by atoms with E-state index in [0.717, 1.165) is 36.8 Å². The van der Waals surface area contributed by atoms with Gasteiger partial charge in [0.05, 0.1) is 17.8 Å². The number of alkyl halides is 3. The van der Waals surface area contributed by atoms with Crippen molar-refractivity contribution < 1.29 is 22.7 Å². The zero-order valence-corrected chi connectivity index (χ0v) is 22.3. The third kappa shape index (κ3) is 5.98. The van der Waals surface area contributed by atoms with Crippen molar-refractivity contribution in [1.29, 1.82) is 0 Å². The van der Waals surface area contributed by atoms with E-state index < -0.39 is 11.7 Å². The first-order valence-electron chi connectivity index (χ1n) is 13.5. The van der Waals surface area contributed by atoms with Crippen LogP contribution in [-0.2, 0) is 23.9 Å². The molecule has 0 saturated carbocycles. The summed E-state index contributed by atoms with van der Waals surface area (Å²) in [5.41, 5.74) is 1.14. The van der Waals surface area contributed by atoms with Crippen LogP contribution in [-0.4, -0.2) is 84.6 Å². The van der Waals surface area contributed by atoms with Crippen LogP contribution in [0.2, 0.25) is 0 Å². The van der Waals surface area contributed by atoms with Crippen molar-refractivity contribution in [2.75, 3.05) is 62.7 Å². The molecule has 4 heterocycles. The summed E-state index contributed by atoms with van der Waals surface area (Å²) in [4.78, 5) is 29.6. The van der Waals surface area contributed by atoms with Gasteiger partial charge in [0, 0.05) is 50.0 Å². The topological polar surface area (TPSA) is 65.0 Å². The normalized spacial score (nSPS) is 20.5. The molecule has 8 nitrogen and oxygen atoms in total. The van der Waals surface area contributed by atoms with E-state index in [4.69, 9.17) is 14.7 Å². The molecule has 0 unspecified atom stereocenters. The number of amides is 1. The maximum atomic E-state index is 13.8. The largest absolute Gasteiger partial charge is 0.462 e. The van der Waals surface area contributed by atoms with Crippen LogP contribution in [0.1, 0.15) is 36.1 Å². The molecule has 2 aromatic rings. The van der Waals surface area contributed by atoms with E-state index in [1.54, 1.807) is 15.9 Å². The van der Waals surface area contributed by atoms with Gasteiger partial charge < -0.3 is 24.3 Å². The number of anilines is 2. The molecule has 0 bridgehead atoms. The number of halogens is 3. The molecule has 0 radical (unpaired) electrons. The minimum absolute atomic E-state index is 0.0974. The van der Waals surface area contributed by atoms with E-state index >= 15 is 0 Å². The second-order valence-corrected chi connectivity index (χ2v) is 10.4. The van der Waals surface area contributed by atoms with Gasteiger partial charge in [-0.2, -0.15) is 23.1 Å². The van der Waals surface area contributed by atoms with Crippen LogP contribution < -0.4 is 14.5 Å². The summed E-state index contributed by atoms with van der Waals surface area (Å²) in [5, 5.41) is 0. The van der Waals surface area contributed by atoms with Crippen LogP contribution in [0.25, 0.3) is 0 Å². The van der Waals surface area contributed by atoms with Gasteiger partial charge in [-0.1, -0.05) is 18.7 Å². The monoisotopic (exact) mass is 544 g/mol. The van der Waals surface area contributed by atoms with E-state index in [1.807, 2.05) is 0 Å². The van der Waals surface area contributed by atoms with Crippen LogP contribution in [0, 0.1) is 0 Å². The minimum Gasteiger partial charge on any atom is -0.462 e. The van der Waals surface area contributed by atoms with Crippen molar-refractivity contribution in [3.8, 4) is 6.01 Å². The fourth-order valence-electron chi connectivity index (χ4n) is 5.74.